The third kappa shape index (κ3) is 3.54. The first-order valence-corrected chi connectivity index (χ1v) is 5.64. The molecule has 6 heteroatoms. The average molecular weight is 239 g/mol. The standard InChI is InChI=1S/C11H21N5O/c1-8-11(9(2)16(4)14-8)13-10(17)7-15(3)6-5-12/h5-7,12H2,1-4H3,(H,13,17). The van der Waals surface area contributed by atoms with Gasteiger partial charge in [-0.15, -0.1) is 0 Å². The van der Waals surface area contributed by atoms with Gasteiger partial charge in [0, 0.05) is 20.1 Å². The van der Waals surface area contributed by atoms with E-state index >= 15 is 0 Å². The van der Waals surface area contributed by atoms with E-state index in [-0.39, 0.29) is 5.91 Å². The van der Waals surface area contributed by atoms with E-state index in [0.717, 1.165) is 17.1 Å². The lowest BCUT2D eigenvalue weighted by Crippen LogP contribution is -2.33. The number of rotatable bonds is 5. The first-order chi connectivity index (χ1) is 7.95. The molecule has 0 atom stereocenters. The van der Waals surface area contributed by atoms with Gasteiger partial charge in [-0.2, -0.15) is 5.10 Å². The minimum absolute atomic E-state index is 0.0415. The van der Waals surface area contributed by atoms with Crippen molar-refractivity contribution in [2.45, 2.75) is 13.8 Å². The van der Waals surface area contributed by atoms with Gasteiger partial charge in [0.05, 0.1) is 23.6 Å². The van der Waals surface area contributed by atoms with Crippen molar-refractivity contribution in [2.24, 2.45) is 12.8 Å². The number of carbonyl (C=O) groups excluding carboxylic acids is 1. The van der Waals surface area contributed by atoms with Crippen LogP contribution in [0.4, 0.5) is 5.69 Å². The maximum Gasteiger partial charge on any atom is 0.238 e. The van der Waals surface area contributed by atoms with Gasteiger partial charge in [-0.25, -0.2) is 0 Å². The summed E-state index contributed by atoms with van der Waals surface area (Å²) < 4.78 is 1.76. The molecule has 0 saturated carbocycles. The summed E-state index contributed by atoms with van der Waals surface area (Å²) in [5, 5.41) is 7.13. The fourth-order valence-corrected chi connectivity index (χ4v) is 1.68. The first kappa shape index (κ1) is 13.7. The van der Waals surface area contributed by atoms with E-state index in [4.69, 9.17) is 5.73 Å². The van der Waals surface area contributed by atoms with Gasteiger partial charge in [0.25, 0.3) is 0 Å². The third-order valence-corrected chi connectivity index (χ3v) is 2.70. The second kappa shape index (κ2) is 5.79. The SMILES string of the molecule is Cc1nn(C)c(C)c1NC(=O)CN(C)CCN. The van der Waals surface area contributed by atoms with E-state index in [2.05, 4.69) is 10.4 Å². The number of amides is 1. The van der Waals surface area contributed by atoms with Crippen molar-refractivity contribution < 1.29 is 4.79 Å². The minimum atomic E-state index is -0.0415. The molecule has 1 aromatic heterocycles. The molecule has 96 valence electrons. The number of hydrogen-bond acceptors (Lipinski definition) is 4. The minimum Gasteiger partial charge on any atom is -0.329 e. The maximum atomic E-state index is 11.8. The number of nitrogens with one attached hydrogen (secondary N) is 1. The lowest BCUT2D eigenvalue weighted by Gasteiger charge is -2.14. The van der Waals surface area contributed by atoms with Crippen LogP contribution in [0, 0.1) is 13.8 Å². The number of nitrogens with two attached hydrogens (primary N) is 1. The van der Waals surface area contributed by atoms with Crippen LogP contribution in [0.15, 0.2) is 0 Å². The molecule has 1 amide bonds. The number of aryl methyl sites for hydroxylation is 2. The zero-order valence-corrected chi connectivity index (χ0v) is 10.9. The van der Waals surface area contributed by atoms with E-state index in [0.29, 0.717) is 19.6 Å². The Morgan fingerprint density at radius 1 is 1.53 bits per heavy atom. The van der Waals surface area contributed by atoms with Crippen molar-refractivity contribution in [3.05, 3.63) is 11.4 Å². The summed E-state index contributed by atoms with van der Waals surface area (Å²) in [6.07, 6.45) is 0. The van der Waals surface area contributed by atoms with Crippen LogP contribution in [0.3, 0.4) is 0 Å². The second-order valence-electron chi connectivity index (χ2n) is 4.24. The lowest BCUT2D eigenvalue weighted by molar-refractivity contribution is -0.117. The van der Waals surface area contributed by atoms with Gasteiger partial charge >= 0.3 is 0 Å². The first-order valence-electron chi connectivity index (χ1n) is 5.64. The highest BCUT2D eigenvalue weighted by Gasteiger charge is 2.13. The maximum absolute atomic E-state index is 11.8. The Labute approximate surface area is 102 Å². The molecule has 0 aromatic carbocycles. The van der Waals surface area contributed by atoms with Crippen molar-refractivity contribution in [1.29, 1.82) is 0 Å². The molecule has 1 rings (SSSR count). The molecule has 0 unspecified atom stereocenters. The molecular weight excluding hydrogens is 218 g/mol. The highest BCUT2D eigenvalue weighted by Crippen LogP contribution is 2.17. The molecule has 17 heavy (non-hydrogen) atoms. The fourth-order valence-electron chi connectivity index (χ4n) is 1.68. The van der Waals surface area contributed by atoms with Crippen molar-refractivity contribution in [2.75, 3.05) is 32.0 Å². The Morgan fingerprint density at radius 2 is 2.18 bits per heavy atom. The molecule has 1 aromatic rings. The Balaban J connectivity index is 2.62. The van der Waals surface area contributed by atoms with Crippen molar-refractivity contribution in [3.63, 3.8) is 0 Å². The van der Waals surface area contributed by atoms with E-state index in [9.17, 15) is 4.79 Å². The zero-order valence-electron chi connectivity index (χ0n) is 10.9. The zero-order chi connectivity index (χ0) is 13.0. The van der Waals surface area contributed by atoms with E-state index in [1.807, 2.05) is 32.8 Å². The molecular formula is C11H21N5O. The quantitative estimate of drug-likeness (QED) is 0.750. The second-order valence-corrected chi connectivity index (χ2v) is 4.24. The molecule has 6 nitrogen and oxygen atoms in total. The summed E-state index contributed by atoms with van der Waals surface area (Å²) in [6, 6.07) is 0. The highest BCUT2D eigenvalue weighted by atomic mass is 16.2. The van der Waals surface area contributed by atoms with Gasteiger partial charge in [-0.1, -0.05) is 0 Å². The van der Waals surface area contributed by atoms with Crippen LogP contribution >= 0.6 is 0 Å². The third-order valence-electron chi connectivity index (χ3n) is 2.70. The number of likely N-dealkylation sites (N-methyl/N-ethyl adjacent to an activating group) is 1. The van der Waals surface area contributed by atoms with Crippen molar-refractivity contribution in [1.82, 2.24) is 14.7 Å². The van der Waals surface area contributed by atoms with Crippen LogP contribution in [0.25, 0.3) is 0 Å². The average Bonchev–Trinajstić information content (AvgIpc) is 2.45. The normalized spacial score (nSPS) is 10.9. The largest absolute Gasteiger partial charge is 0.329 e. The molecule has 0 aliphatic carbocycles. The van der Waals surface area contributed by atoms with Crippen LogP contribution in [0.1, 0.15) is 11.4 Å². The van der Waals surface area contributed by atoms with Gasteiger partial charge in [-0.05, 0) is 20.9 Å². The summed E-state index contributed by atoms with van der Waals surface area (Å²) in [5.41, 5.74) is 8.02. The Morgan fingerprint density at radius 3 is 2.65 bits per heavy atom. The molecule has 3 N–H and O–H groups in total. The molecule has 0 bridgehead atoms. The van der Waals surface area contributed by atoms with Gasteiger partial charge < -0.3 is 11.1 Å². The van der Waals surface area contributed by atoms with Crippen molar-refractivity contribution >= 4 is 11.6 Å². The molecule has 0 aliphatic heterocycles. The van der Waals surface area contributed by atoms with Crippen LogP contribution in [-0.4, -0.2) is 47.3 Å². The van der Waals surface area contributed by atoms with Crippen LogP contribution in [0.5, 0.6) is 0 Å². The predicted molar refractivity (Wildman–Crippen MR) is 67.9 cm³/mol. The number of aromatic nitrogens is 2. The number of hydrogen-bond donors (Lipinski definition) is 2. The number of nitrogens with zero attached hydrogens (tertiary/aromatic N) is 3. The smallest absolute Gasteiger partial charge is 0.238 e. The summed E-state index contributed by atoms with van der Waals surface area (Å²) in [5.74, 6) is -0.0415. The summed E-state index contributed by atoms with van der Waals surface area (Å²) >= 11 is 0. The Kier molecular flexibility index (Phi) is 4.65. The van der Waals surface area contributed by atoms with Crippen molar-refractivity contribution in [3.8, 4) is 0 Å². The van der Waals surface area contributed by atoms with Gasteiger partial charge in [0.1, 0.15) is 0 Å². The predicted octanol–water partition coefficient (Wildman–Crippen LogP) is -0.134. The molecule has 0 saturated heterocycles. The molecule has 0 aliphatic rings. The molecule has 0 fully saturated rings. The van der Waals surface area contributed by atoms with E-state index in [1.54, 1.807) is 4.68 Å². The molecule has 0 radical (unpaired) electrons. The summed E-state index contributed by atoms with van der Waals surface area (Å²) in [7, 11) is 3.73. The summed E-state index contributed by atoms with van der Waals surface area (Å²) in [4.78, 5) is 13.7. The van der Waals surface area contributed by atoms with Gasteiger partial charge in [0.2, 0.25) is 5.91 Å². The number of anilines is 1. The summed E-state index contributed by atoms with van der Waals surface area (Å²) in [6.45, 7) is 5.41. The van der Waals surface area contributed by atoms with Gasteiger partial charge in [-0.3, -0.25) is 14.4 Å². The van der Waals surface area contributed by atoms with E-state index < -0.39 is 0 Å². The van der Waals surface area contributed by atoms with Crippen LogP contribution < -0.4 is 11.1 Å². The molecule has 0 spiro atoms. The molecule has 1 heterocycles. The topological polar surface area (TPSA) is 76.2 Å². The van der Waals surface area contributed by atoms with Crippen LogP contribution in [0.2, 0.25) is 0 Å². The Bertz CT molecular complexity index is 399. The monoisotopic (exact) mass is 239 g/mol. The van der Waals surface area contributed by atoms with E-state index in [1.165, 1.54) is 0 Å². The Hall–Kier alpha value is -1.40. The number of carbonyl (C=O) groups is 1. The van der Waals surface area contributed by atoms with Gasteiger partial charge in [0.15, 0.2) is 0 Å². The fraction of sp³-hybridized carbons (Fsp3) is 0.636. The highest BCUT2D eigenvalue weighted by molar-refractivity contribution is 5.93. The lowest BCUT2D eigenvalue weighted by atomic mass is 10.3. The van der Waals surface area contributed by atoms with Crippen LogP contribution in [-0.2, 0) is 11.8 Å².